The number of aryl methyl sites for hydroxylation is 1. The van der Waals surface area contributed by atoms with Crippen LogP contribution in [0.2, 0.25) is 0 Å². The molecule has 1 aliphatic rings. The Morgan fingerprint density at radius 3 is 2.35 bits per heavy atom. The number of sulfonamides is 1. The largest absolute Gasteiger partial charge is 0.266 e. The zero-order chi connectivity index (χ0) is 16.4. The molecule has 0 atom stereocenters. The van der Waals surface area contributed by atoms with E-state index >= 15 is 0 Å². The molecule has 0 aliphatic carbocycles. The van der Waals surface area contributed by atoms with Crippen LogP contribution in [0, 0.1) is 6.92 Å². The smallest absolute Gasteiger partial charge is 0.264 e. The van der Waals surface area contributed by atoms with Gasteiger partial charge >= 0.3 is 0 Å². The van der Waals surface area contributed by atoms with Gasteiger partial charge in [0.25, 0.3) is 10.0 Å². The fourth-order valence-corrected chi connectivity index (χ4v) is 4.21. The van der Waals surface area contributed by atoms with Gasteiger partial charge in [-0.05, 0) is 36.6 Å². The third-order valence-corrected chi connectivity index (χ3v) is 5.81. The van der Waals surface area contributed by atoms with Gasteiger partial charge in [-0.25, -0.2) is 8.42 Å². The Morgan fingerprint density at radius 2 is 1.70 bits per heavy atom. The zero-order valence-corrected chi connectivity index (χ0v) is 13.9. The summed E-state index contributed by atoms with van der Waals surface area (Å²) in [5, 5.41) is 0. The molecule has 2 aromatic carbocycles. The van der Waals surface area contributed by atoms with Crippen molar-refractivity contribution in [2.75, 3.05) is 6.54 Å². The predicted octanol–water partition coefficient (Wildman–Crippen LogP) is 3.99. The molecule has 0 spiro atoms. The molecule has 118 valence electrons. The molecule has 0 fully saturated rings. The quantitative estimate of drug-likeness (QED) is 0.852. The van der Waals surface area contributed by atoms with Crippen molar-refractivity contribution < 1.29 is 8.42 Å². The summed E-state index contributed by atoms with van der Waals surface area (Å²) >= 11 is 0. The maximum atomic E-state index is 12.9. The maximum Gasteiger partial charge on any atom is 0.264 e. The monoisotopic (exact) mass is 325 g/mol. The van der Waals surface area contributed by atoms with Crippen LogP contribution in [0.25, 0.3) is 5.57 Å². The van der Waals surface area contributed by atoms with E-state index < -0.39 is 10.0 Å². The summed E-state index contributed by atoms with van der Waals surface area (Å²) in [6.07, 6.45) is 2.65. The molecule has 2 aromatic rings. The van der Waals surface area contributed by atoms with Crippen molar-refractivity contribution in [1.29, 1.82) is 0 Å². The second-order valence-electron chi connectivity index (χ2n) is 5.61. The third kappa shape index (κ3) is 2.94. The number of benzene rings is 2. The van der Waals surface area contributed by atoms with Crippen LogP contribution in [-0.4, -0.2) is 19.3 Å². The van der Waals surface area contributed by atoms with Crippen LogP contribution >= 0.6 is 0 Å². The predicted molar refractivity (Wildman–Crippen MR) is 93.2 cm³/mol. The van der Waals surface area contributed by atoms with E-state index in [1.807, 2.05) is 55.5 Å². The SMILES string of the molecule is C=C(C1=CCCN1S(=O)(=O)c1ccc(C)cc1)c1ccccc1. The molecule has 3 nitrogen and oxygen atoms in total. The fourth-order valence-electron chi connectivity index (χ4n) is 2.69. The van der Waals surface area contributed by atoms with Gasteiger partial charge in [-0.15, -0.1) is 0 Å². The van der Waals surface area contributed by atoms with E-state index in [9.17, 15) is 8.42 Å². The molecule has 0 bridgehead atoms. The number of hydrogen-bond donors (Lipinski definition) is 0. The lowest BCUT2D eigenvalue weighted by molar-refractivity contribution is 0.507. The van der Waals surface area contributed by atoms with Crippen LogP contribution < -0.4 is 0 Å². The summed E-state index contributed by atoms with van der Waals surface area (Å²) in [5.74, 6) is 0. The highest BCUT2D eigenvalue weighted by molar-refractivity contribution is 7.89. The van der Waals surface area contributed by atoms with Crippen LogP contribution in [0.5, 0.6) is 0 Å². The molecular formula is C19H19NO2S. The molecule has 23 heavy (non-hydrogen) atoms. The van der Waals surface area contributed by atoms with Gasteiger partial charge in [0.15, 0.2) is 0 Å². The van der Waals surface area contributed by atoms with Gasteiger partial charge in [0.05, 0.1) is 10.6 Å². The number of rotatable bonds is 4. The van der Waals surface area contributed by atoms with Gasteiger partial charge in [0, 0.05) is 6.54 Å². The summed E-state index contributed by atoms with van der Waals surface area (Å²) in [7, 11) is -3.55. The molecule has 0 unspecified atom stereocenters. The lowest BCUT2D eigenvalue weighted by Crippen LogP contribution is -2.28. The molecule has 0 aromatic heterocycles. The van der Waals surface area contributed by atoms with Crippen molar-refractivity contribution >= 4 is 15.6 Å². The first-order valence-electron chi connectivity index (χ1n) is 7.54. The van der Waals surface area contributed by atoms with Crippen molar-refractivity contribution in [1.82, 2.24) is 4.31 Å². The second-order valence-corrected chi connectivity index (χ2v) is 7.48. The molecule has 0 N–H and O–H groups in total. The van der Waals surface area contributed by atoms with E-state index in [4.69, 9.17) is 0 Å². The van der Waals surface area contributed by atoms with E-state index in [1.165, 1.54) is 4.31 Å². The van der Waals surface area contributed by atoms with Crippen LogP contribution in [0.4, 0.5) is 0 Å². The Bertz CT molecular complexity index is 850. The van der Waals surface area contributed by atoms with Gasteiger partial charge < -0.3 is 0 Å². The molecule has 0 radical (unpaired) electrons. The first kappa shape index (κ1) is 15.6. The highest BCUT2D eigenvalue weighted by Gasteiger charge is 2.30. The van der Waals surface area contributed by atoms with Crippen molar-refractivity contribution in [3.05, 3.63) is 84.1 Å². The highest BCUT2D eigenvalue weighted by atomic mass is 32.2. The minimum Gasteiger partial charge on any atom is -0.266 e. The van der Waals surface area contributed by atoms with Gasteiger partial charge in [-0.1, -0.05) is 60.7 Å². The molecular weight excluding hydrogens is 306 g/mol. The van der Waals surface area contributed by atoms with Crippen LogP contribution in [0.3, 0.4) is 0 Å². The minimum absolute atomic E-state index is 0.316. The van der Waals surface area contributed by atoms with E-state index in [-0.39, 0.29) is 0 Å². The van der Waals surface area contributed by atoms with Crippen molar-refractivity contribution in [2.24, 2.45) is 0 Å². The van der Waals surface area contributed by atoms with E-state index in [1.54, 1.807) is 12.1 Å². The van der Waals surface area contributed by atoms with Crippen molar-refractivity contribution in [3.63, 3.8) is 0 Å². The summed E-state index contributed by atoms with van der Waals surface area (Å²) in [6.45, 7) is 6.50. The van der Waals surface area contributed by atoms with Crippen LogP contribution in [0.1, 0.15) is 17.5 Å². The first-order valence-corrected chi connectivity index (χ1v) is 8.98. The van der Waals surface area contributed by atoms with Crippen LogP contribution in [0.15, 0.2) is 77.8 Å². The Kier molecular flexibility index (Phi) is 4.09. The van der Waals surface area contributed by atoms with Gasteiger partial charge in [0.2, 0.25) is 0 Å². The number of allylic oxidation sites excluding steroid dienone is 1. The zero-order valence-electron chi connectivity index (χ0n) is 13.1. The van der Waals surface area contributed by atoms with E-state index in [0.717, 1.165) is 16.7 Å². The van der Waals surface area contributed by atoms with Crippen LogP contribution in [-0.2, 0) is 10.0 Å². The lowest BCUT2D eigenvalue weighted by atomic mass is 10.1. The summed E-state index contributed by atoms with van der Waals surface area (Å²) in [5.41, 5.74) is 3.38. The Labute approximate surface area is 137 Å². The Hall–Kier alpha value is -2.33. The van der Waals surface area contributed by atoms with Gasteiger partial charge in [-0.3, -0.25) is 4.31 Å². The summed E-state index contributed by atoms with van der Waals surface area (Å²) < 4.78 is 27.3. The highest BCUT2D eigenvalue weighted by Crippen LogP contribution is 2.33. The third-order valence-electron chi connectivity index (χ3n) is 3.98. The molecule has 0 saturated carbocycles. The van der Waals surface area contributed by atoms with Gasteiger partial charge in [-0.2, -0.15) is 0 Å². The second kappa shape index (κ2) is 6.05. The van der Waals surface area contributed by atoms with Crippen molar-refractivity contribution in [3.8, 4) is 0 Å². The summed E-state index contributed by atoms with van der Waals surface area (Å²) in [4.78, 5) is 0.316. The minimum atomic E-state index is -3.55. The van der Waals surface area contributed by atoms with Crippen molar-refractivity contribution in [2.45, 2.75) is 18.2 Å². The van der Waals surface area contributed by atoms with Gasteiger partial charge in [0.1, 0.15) is 0 Å². The average Bonchev–Trinajstić information content (AvgIpc) is 3.06. The molecule has 0 saturated heterocycles. The lowest BCUT2D eigenvalue weighted by Gasteiger charge is -2.23. The standard InChI is InChI=1S/C19H19NO2S/c1-15-10-12-18(13-11-15)23(21,22)20-14-6-9-19(20)16(2)17-7-4-3-5-8-17/h3-5,7-13H,2,6,14H2,1H3. The normalized spacial score (nSPS) is 14.7. The first-order chi connectivity index (χ1) is 11.0. The Balaban J connectivity index is 1.95. The molecule has 1 aliphatic heterocycles. The topological polar surface area (TPSA) is 37.4 Å². The molecule has 3 rings (SSSR count). The average molecular weight is 325 g/mol. The van der Waals surface area contributed by atoms with E-state index in [0.29, 0.717) is 23.6 Å². The summed E-state index contributed by atoms with van der Waals surface area (Å²) in [6, 6.07) is 16.6. The van der Waals surface area contributed by atoms with E-state index in [2.05, 4.69) is 6.58 Å². The fraction of sp³-hybridized carbons (Fsp3) is 0.158. The number of hydrogen-bond acceptors (Lipinski definition) is 2. The maximum absolute atomic E-state index is 12.9. The molecule has 0 amide bonds. The molecule has 4 heteroatoms. The Morgan fingerprint density at radius 1 is 1.04 bits per heavy atom. The molecule has 1 heterocycles. The number of nitrogens with zero attached hydrogens (tertiary/aromatic N) is 1.